The molecule has 1 unspecified atom stereocenters. The number of aliphatic carboxylic acids is 1. The van der Waals surface area contributed by atoms with Gasteiger partial charge in [-0.05, 0) is 6.42 Å². The van der Waals surface area contributed by atoms with Crippen LogP contribution in [0.1, 0.15) is 19.8 Å². The second-order valence-electron chi connectivity index (χ2n) is 3.49. The van der Waals surface area contributed by atoms with Crippen LogP contribution >= 0.6 is 0 Å². The molecule has 6 heteroatoms. The summed E-state index contributed by atoms with van der Waals surface area (Å²) in [4.78, 5) is 34.1. The van der Waals surface area contributed by atoms with E-state index in [1.54, 1.807) is 0 Å². The summed E-state index contributed by atoms with van der Waals surface area (Å²) >= 11 is 0. The number of carbonyl (C=O) groups excluding carboxylic acids is 2. The Morgan fingerprint density at radius 3 is 2.67 bits per heavy atom. The topological polar surface area (TPSA) is 86.7 Å². The average molecular weight is 214 g/mol. The Hall–Kier alpha value is -1.59. The summed E-state index contributed by atoms with van der Waals surface area (Å²) in [5.41, 5.74) is 0. The van der Waals surface area contributed by atoms with Crippen molar-refractivity contribution in [2.75, 3.05) is 13.1 Å². The number of nitrogens with zero attached hydrogens (tertiary/aromatic N) is 1. The second-order valence-corrected chi connectivity index (χ2v) is 3.49. The molecule has 6 nitrogen and oxygen atoms in total. The van der Waals surface area contributed by atoms with Gasteiger partial charge < -0.3 is 10.4 Å². The Kier molecular flexibility index (Phi) is 3.65. The van der Waals surface area contributed by atoms with E-state index in [-0.39, 0.29) is 19.0 Å². The molecular weight excluding hydrogens is 200 g/mol. The van der Waals surface area contributed by atoms with Gasteiger partial charge in [0.15, 0.2) is 0 Å². The lowest BCUT2D eigenvalue weighted by molar-refractivity contribution is -0.142. The molecule has 1 heterocycles. The SMILES string of the molecule is CCCC(CN1C(=O)CNC1=O)C(=O)O. The zero-order valence-electron chi connectivity index (χ0n) is 8.52. The predicted molar refractivity (Wildman–Crippen MR) is 51.1 cm³/mol. The molecule has 0 spiro atoms. The van der Waals surface area contributed by atoms with Gasteiger partial charge >= 0.3 is 12.0 Å². The predicted octanol–water partition coefficient (Wildman–Crippen LogP) is 0.0391. The Morgan fingerprint density at radius 2 is 2.27 bits per heavy atom. The molecular formula is C9H14N2O4. The third-order valence-electron chi connectivity index (χ3n) is 2.33. The summed E-state index contributed by atoms with van der Waals surface area (Å²) < 4.78 is 0. The molecule has 1 rings (SSSR count). The van der Waals surface area contributed by atoms with Crippen LogP contribution in [0.15, 0.2) is 0 Å². The lowest BCUT2D eigenvalue weighted by Crippen LogP contribution is -2.37. The van der Waals surface area contributed by atoms with Crippen LogP contribution in [0.5, 0.6) is 0 Å². The third-order valence-corrected chi connectivity index (χ3v) is 2.33. The fourth-order valence-electron chi connectivity index (χ4n) is 1.50. The third kappa shape index (κ3) is 2.68. The van der Waals surface area contributed by atoms with Crippen LogP contribution in [0.2, 0.25) is 0 Å². The number of hydrogen-bond donors (Lipinski definition) is 2. The van der Waals surface area contributed by atoms with Crippen LogP contribution in [-0.4, -0.2) is 41.0 Å². The molecule has 0 radical (unpaired) electrons. The van der Waals surface area contributed by atoms with Crippen LogP contribution < -0.4 is 5.32 Å². The van der Waals surface area contributed by atoms with Crippen molar-refractivity contribution in [1.82, 2.24) is 10.2 Å². The molecule has 15 heavy (non-hydrogen) atoms. The summed E-state index contributed by atoms with van der Waals surface area (Å²) in [6.45, 7) is 1.80. The molecule has 1 aliphatic rings. The van der Waals surface area contributed by atoms with Crippen LogP contribution in [0, 0.1) is 5.92 Å². The minimum Gasteiger partial charge on any atom is -0.481 e. The molecule has 3 amide bonds. The van der Waals surface area contributed by atoms with Crippen molar-refractivity contribution in [3.05, 3.63) is 0 Å². The second kappa shape index (κ2) is 4.77. The summed E-state index contributed by atoms with van der Waals surface area (Å²) in [5.74, 6) is -1.99. The summed E-state index contributed by atoms with van der Waals surface area (Å²) in [7, 11) is 0. The first kappa shape index (κ1) is 11.5. The molecule has 0 aromatic carbocycles. The molecule has 1 saturated heterocycles. The highest BCUT2D eigenvalue weighted by Crippen LogP contribution is 2.11. The number of rotatable bonds is 5. The van der Waals surface area contributed by atoms with Crippen molar-refractivity contribution in [3.63, 3.8) is 0 Å². The summed E-state index contributed by atoms with van der Waals surface area (Å²) in [5, 5.41) is 11.2. The van der Waals surface area contributed by atoms with Crippen LogP contribution in [0.25, 0.3) is 0 Å². The van der Waals surface area contributed by atoms with Gasteiger partial charge in [-0.2, -0.15) is 0 Å². The van der Waals surface area contributed by atoms with Gasteiger partial charge in [-0.25, -0.2) is 4.79 Å². The van der Waals surface area contributed by atoms with E-state index in [4.69, 9.17) is 5.11 Å². The van der Waals surface area contributed by atoms with Gasteiger partial charge in [0.05, 0.1) is 12.5 Å². The maximum absolute atomic E-state index is 11.2. The number of carboxylic acids is 1. The molecule has 1 fully saturated rings. The van der Waals surface area contributed by atoms with Crippen LogP contribution in [0.4, 0.5) is 4.79 Å². The number of amides is 3. The standard InChI is InChI=1S/C9H14N2O4/c1-2-3-6(8(13)14)5-11-7(12)4-10-9(11)15/h6H,2-5H2,1H3,(H,10,15)(H,13,14). The normalized spacial score (nSPS) is 17.8. The number of imide groups is 1. The monoisotopic (exact) mass is 214 g/mol. The maximum atomic E-state index is 11.2. The van der Waals surface area contributed by atoms with Crippen molar-refractivity contribution in [2.24, 2.45) is 5.92 Å². The summed E-state index contributed by atoms with van der Waals surface area (Å²) in [6, 6.07) is -0.498. The van der Waals surface area contributed by atoms with Crippen molar-refractivity contribution in [2.45, 2.75) is 19.8 Å². The highest BCUT2D eigenvalue weighted by molar-refractivity contribution is 6.02. The van der Waals surface area contributed by atoms with E-state index in [9.17, 15) is 14.4 Å². The van der Waals surface area contributed by atoms with E-state index in [1.165, 1.54) is 0 Å². The average Bonchev–Trinajstić information content (AvgIpc) is 2.48. The molecule has 0 aromatic rings. The fraction of sp³-hybridized carbons (Fsp3) is 0.667. The Morgan fingerprint density at radius 1 is 1.60 bits per heavy atom. The van der Waals surface area contributed by atoms with Gasteiger partial charge in [0, 0.05) is 6.54 Å². The Balaban J connectivity index is 2.60. The van der Waals surface area contributed by atoms with E-state index in [1.807, 2.05) is 6.92 Å². The van der Waals surface area contributed by atoms with Gasteiger partial charge in [0.25, 0.3) is 0 Å². The largest absolute Gasteiger partial charge is 0.481 e. The van der Waals surface area contributed by atoms with Crippen LogP contribution in [0.3, 0.4) is 0 Å². The Bertz CT molecular complexity index is 274. The first-order valence-corrected chi connectivity index (χ1v) is 4.87. The van der Waals surface area contributed by atoms with Crippen molar-refractivity contribution in [3.8, 4) is 0 Å². The number of carboxylic acid groups (broad SMARTS) is 1. The zero-order chi connectivity index (χ0) is 11.4. The zero-order valence-corrected chi connectivity index (χ0v) is 8.52. The molecule has 0 saturated carbocycles. The molecule has 0 aromatic heterocycles. The molecule has 1 aliphatic heterocycles. The molecule has 2 N–H and O–H groups in total. The van der Waals surface area contributed by atoms with Crippen molar-refractivity contribution in [1.29, 1.82) is 0 Å². The number of urea groups is 1. The lowest BCUT2D eigenvalue weighted by Gasteiger charge is -2.17. The van der Waals surface area contributed by atoms with E-state index >= 15 is 0 Å². The lowest BCUT2D eigenvalue weighted by atomic mass is 10.0. The highest BCUT2D eigenvalue weighted by atomic mass is 16.4. The number of nitrogens with one attached hydrogen (secondary N) is 1. The van der Waals surface area contributed by atoms with Gasteiger partial charge in [-0.1, -0.05) is 13.3 Å². The molecule has 0 bridgehead atoms. The van der Waals surface area contributed by atoms with E-state index in [0.717, 1.165) is 4.90 Å². The minimum absolute atomic E-state index is 0.0305. The first-order chi connectivity index (χ1) is 7.06. The quantitative estimate of drug-likeness (QED) is 0.632. The van der Waals surface area contributed by atoms with Gasteiger partial charge in [0.2, 0.25) is 5.91 Å². The molecule has 84 valence electrons. The van der Waals surface area contributed by atoms with Crippen LogP contribution in [-0.2, 0) is 9.59 Å². The van der Waals surface area contributed by atoms with Crippen molar-refractivity contribution >= 4 is 17.9 Å². The summed E-state index contributed by atoms with van der Waals surface area (Å²) in [6.07, 6.45) is 1.17. The fourth-order valence-corrected chi connectivity index (χ4v) is 1.50. The van der Waals surface area contributed by atoms with E-state index < -0.39 is 17.9 Å². The number of carbonyl (C=O) groups is 3. The smallest absolute Gasteiger partial charge is 0.324 e. The molecule has 0 aliphatic carbocycles. The van der Waals surface area contributed by atoms with E-state index in [0.29, 0.717) is 12.8 Å². The van der Waals surface area contributed by atoms with Gasteiger partial charge in [0.1, 0.15) is 0 Å². The maximum Gasteiger partial charge on any atom is 0.324 e. The van der Waals surface area contributed by atoms with Gasteiger partial charge in [-0.3, -0.25) is 14.5 Å². The Labute approximate surface area is 87.2 Å². The van der Waals surface area contributed by atoms with Gasteiger partial charge in [-0.15, -0.1) is 0 Å². The first-order valence-electron chi connectivity index (χ1n) is 4.87. The minimum atomic E-state index is -0.968. The molecule has 1 atom stereocenters. The number of hydrogen-bond acceptors (Lipinski definition) is 3. The highest BCUT2D eigenvalue weighted by Gasteiger charge is 2.32. The van der Waals surface area contributed by atoms with Crippen molar-refractivity contribution < 1.29 is 19.5 Å². The van der Waals surface area contributed by atoms with E-state index in [2.05, 4.69) is 5.32 Å².